The maximum Gasteiger partial charge on any atom is 0.247 e. The maximum atomic E-state index is 12.5. The van der Waals surface area contributed by atoms with Gasteiger partial charge in [-0.3, -0.25) is 0 Å². The number of nitrogens with zero attached hydrogens (tertiary/aromatic N) is 1. The molecular formula is C11H17NO5S. The molecule has 0 aliphatic carbocycles. The molecule has 0 unspecified atom stereocenters. The molecule has 1 N–H and O–H groups in total. The lowest BCUT2D eigenvalue weighted by atomic mass is 10.2. The third-order valence-electron chi connectivity index (χ3n) is 3.05. The van der Waals surface area contributed by atoms with E-state index in [2.05, 4.69) is 0 Å². The van der Waals surface area contributed by atoms with E-state index in [9.17, 15) is 13.5 Å². The Morgan fingerprint density at radius 2 is 1.83 bits per heavy atom. The highest BCUT2D eigenvalue weighted by molar-refractivity contribution is 7.89. The SMILES string of the molecule is Cc1oc(C)c(S(=O)(=O)N2CCOCC2)c1CO. The van der Waals surface area contributed by atoms with Crippen LogP contribution >= 0.6 is 0 Å². The van der Waals surface area contributed by atoms with Gasteiger partial charge in [-0.2, -0.15) is 4.31 Å². The molecule has 102 valence electrons. The zero-order valence-electron chi connectivity index (χ0n) is 10.5. The Labute approximate surface area is 106 Å². The highest BCUT2D eigenvalue weighted by atomic mass is 32.2. The lowest BCUT2D eigenvalue weighted by Gasteiger charge is -2.26. The van der Waals surface area contributed by atoms with E-state index in [-0.39, 0.29) is 11.5 Å². The van der Waals surface area contributed by atoms with Crippen molar-refractivity contribution < 1.29 is 22.7 Å². The summed E-state index contributed by atoms with van der Waals surface area (Å²) in [6, 6.07) is 0. The molecule has 1 aromatic rings. The Bertz CT molecular complexity index is 528. The molecule has 18 heavy (non-hydrogen) atoms. The molecule has 2 heterocycles. The van der Waals surface area contributed by atoms with Crippen molar-refractivity contribution in [3.63, 3.8) is 0 Å². The molecule has 0 aromatic carbocycles. The van der Waals surface area contributed by atoms with Crippen LogP contribution in [0.2, 0.25) is 0 Å². The molecule has 1 aliphatic heterocycles. The lowest BCUT2D eigenvalue weighted by molar-refractivity contribution is 0.0729. The van der Waals surface area contributed by atoms with Crippen molar-refractivity contribution in [2.75, 3.05) is 26.3 Å². The van der Waals surface area contributed by atoms with Gasteiger partial charge in [0.25, 0.3) is 0 Å². The highest BCUT2D eigenvalue weighted by Gasteiger charge is 2.33. The fourth-order valence-corrected chi connectivity index (χ4v) is 3.96. The Kier molecular flexibility index (Phi) is 3.76. The molecule has 7 heteroatoms. The Morgan fingerprint density at radius 3 is 2.39 bits per heavy atom. The first-order valence-electron chi connectivity index (χ1n) is 5.76. The van der Waals surface area contributed by atoms with Crippen LogP contribution in [0.4, 0.5) is 0 Å². The van der Waals surface area contributed by atoms with Crippen LogP contribution < -0.4 is 0 Å². The van der Waals surface area contributed by atoms with Crippen LogP contribution in [0.15, 0.2) is 9.31 Å². The molecule has 0 radical (unpaired) electrons. The molecule has 1 saturated heterocycles. The number of ether oxygens (including phenoxy) is 1. The molecular weight excluding hydrogens is 258 g/mol. The third kappa shape index (κ3) is 2.18. The topological polar surface area (TPSA) is 80.0 Å². The summed E-state index contributed by atoms with van der Waals surface area (Å²) in [7, 11) is -3.62. The van der Waals surface area contributed by atoms with Crippen molar-refractivity contribution in [1.82, 2.24) is 4.31 Å². The number of sulfonamides is 1. The van der Waals surface area contributed by atoms with Crippen LogP contribution in [0.25, 0.3) is 0 Å². The molecule has 0 saturated carbocycles. The minimum absolute atomic E-state index is 0.101. The maximum absolute atomic E-state index is 12.5. The highest BCUT2D eigenvalue weighted by Crippen LogP contribution is 2.29. The van der Waals surface area contributed by atoms with E-state index in [1.165, 1.54) is 4.31 Å². The van der Waals surface area contributed by atoms with Crippen molar-refractivity contribution in [1.29, 1.82) is 0 Å². The fourth-order valence-electron chi connectivity index (χ4n) is 2.15. The first-order valence-corrected chi connectivity index (χ1v) is 7.20. The summed E-state index contributed by atoms with van der Waals surface area (Å²) in [6.07, 6.45) is 0. The van der Waals surface area contributed by atoms with Crippen LogP contribution in [0.1, 0.15) is 17.1 Å². The predicted molar refractivity (Wildman–Crippen MR) is 63.7 cm³/mol. The van der Waals surface area contributed by atoms with E-state index in [0.29, 0.717) is 43.4 Å². The monoisotopic (exact) mass is 275 g/mol. The number of rotatable bonds is 3. The van der Waals surface area contributed by atoms with Crippen molar-refractivity contribution >= 4 is 10.0 Å². The van der Waals surface area contributed by atoms with Gasteiger partial charge in [-0.1, -0.05) is 0 Å². The first kappa shape index (κ1) is 13.5. The number of aliphatic hydroxyl groups excluding tert-OH is 1. The van der Waals surface area contributed by atoms with Crippen LogP contribution in [0.5, 0.6) is 0 Å². The molecule has 0 amide bonds. The van der Waals surface area contributed by atoms with Gasteiger partial charge in [0.15, 0.2) is 0 Å². The van der Waals surface area contributed by atoms with E-state index < -0.39 is 10.0 Å². The van der Waals surface area contributed by atoms with Gasteiger partial charge in [-0.25, -0.2) is 8.42 Å². The Balaban J connectivity index is 2.46. The van der Waals surface area contributed by atoms with E-state index in [1.807, 2.05) is 0 Å². The van der Waals surface area contributed by atoms with Crippen LogP contribution in [0, 0.1) is 13.8 Å². The van der Waals surface area contributed by atoms with Gasteiger partial charge in [-0.15, -0.1) is 0 Å². The predicted octanol–water partition coefficient (Wildman–Crippen LogP) is 0.410. The van der Waals surface area contributed by atoms with E-state index in [1.54, 1.807) is 13.8 Å². The number of hydrogen-bond donors (Lipinski definition) is 1. The molecule has 1 fully saturated rings. The first-order chi connectivity index (χ1) is 8.48. The molecule has 1 aliphatic rings. The molecule has 0 spiro atoms. The summed E-state index contributed by atoms with van der Waals surface area (Å²) in [5, 5.41) is 9.31. The summed E-state index contributed by atoms with van der Waals surface area (Å²) < 4.78 is 36.8. The number of aliphatic hydroxyl groups is 1. The number of morpholine rings is 1. The largest absolute Gasteiger partial charge is 0.465 e. The van der Waals surface area contributed by atoms with Gasteiger partial charge in [0.2, 0.25) is 10.0 Å². The van der Waals surface area contributed by atoms with Gasteiger partial charge in [-0.05, 0) is 13.8 Å². The normalized spacial score (nSPS) is 18.2. The second-order valence-corrected chi connectivity index (χ2v) is 6.07. The second-order valence-electron chi connectivity index (χ2n) is 4.20. The molecule has 0 atom stereocenters. The standard InChI is InChI=1S/C11H17NO5S/c1-8-10(7-13)11(9(2)17-8)18(14,15)12-3-5-16-6-4-12/h13H,3-7H2,1-2H3. The minimum atomic E-state index is -3.62. The molecule has 6 nitrogen and oxygen atoms in total. The Morgan fingerprint density at radius 1 is 1.22 bits per heavy atom. The van der Waals surface area contributed by atoms with Crippen LogP contribution in [-0.2, 0) is 21.4 Å². The zero-order chi connectivity index (χ0) is 13.3. The summed E-state index contributed by atoms with van der Waals surface area (Å²) in [4.78, 5) is 0.101. The number of hydrogen-bond acceptors (Lipinski definition) is 5. The molecule has 2 rings (SSSR count). The Hall–Kier alpha value is -0.890. The second kappa shape index (κ2) is 5.00. The average Bonchev–Trinajstić information content (AvgIpc) is 2.65. The van der Waals surface area contributed by atoms with E-state index in [0.717, 1.165) is 0 Å². The number of aryl methyl sites for hydroxylation is 2. The average molecular weight is 275 g/mol. The quantitative estimate of drug-likeness (QED) is 0.864. The summed E-state index contributed by atoms with van der Waals surface area (Å²) in [6.45, 7) is 4.35. The van der Waals surface area contributed by atoms with Gasteiger partial charge >= 0.3 is 0 Å². The van der Waals surface area contributed by atoms with Crippen LogP contribution in [0.3, 0.4) is 0 Å². The van der Waals surface area contributed by atoms with Crippen molar-refractivity contribution in [2.24, 2.45) is 0 Å². The molecule has 0 bridgehead atoms. The summed E-state index contributed by atoms with van der Waals surface area (Å²) >= 11 is 0. The molecule has 1 aromatic heterocycles. The van der Waals surface area contributed by atoms with Crippen molar-refractivity contribution in [3.8, 4) is 0 Å². The summed E-state index contributed by atoms with van der Waals surface area (Å²) in [5.41, 5.74) is 0.346. The van der Waals surface area contributed by atoms with Crippen molar-refractivity contribution in [2.45, 2.75) is 25.3 Å². The van der Waals surface area contributed by atoms with Gasteiger partial charge in [0.1, 0.15) is 16.4 Å². The zero-order valence-corrected chi connectivity index (χ0v) is 11.3. The van der Waals surface area contributed by atoms with Crippen molar-refractivity contribution in [3.05, 3.63) is 17.1 Å². The lowest BCUT2D eigenvalue weighted by Crippen LogP contribution is -2.41. The van der Waals surface area contributed by atoms with Gasteiger partial charge in [0, 0.05) is 18.7 Å². The van der Waals surface area contributed by atoms with E-state index >= 15 is 0 Å². The smallest absolute Gasteiger partial charge is 0.247 e. The summed E-state index contributed by atoms with van der Waals surface area (Å²) in [5.74, 6) is 0.768. The van der Waals surface area contributed by atoms with E-state index in [4.69, 9.17) is 9.15 Å². The van der Waals surface area contributed by atoms with Crippen LogP contribution in [-0.4, -0.2) is 44.1 Å². The minimum Gasteiger partial charge on any atom is -0.465 e. The van der Waals surface area contributed by atoms with Gasteiger partial charge < -0.3 is 14.3 Å². The number of furan rings is 1. The fraction of sp³-hybridized carbons (Fsp3) is 0.636. The van der Waals surface area contributed by atoms with Gasteiger partial charge in [0.05, 0.1) is 19.8 Å². The third-order valence-corrected chi connectivity index (χ3v) is 5.15.